The Hall–Kier alpha value is -1.97. The number of rotatable bonds is 2. The van der Waals surface area contributed by atoms with Crippen molar-refractivity contribution in [3.05, 3.63) is 35.5 Å². The first-order valence-electron chi connectivity index (χ1n) is 7.21. The number of hydrogen-bond acceptors (Lipinski definition) is 3. The maximum Gasteiger partial charge on any atom is 0.193 e. The van der Waals surface area contributed by atoms with Crippen molar-refractivity contribution in [1.29, 1.82) is 0 Å². The van der Waals surface area contributed by atoms with Crippen LogP contribution in [0.2, 0.25) is 0 Å². The lowest BCUT2D eigenvalue weighted by Crippen LogP contribution is -2.42. The summed E-state index contributed by atoms with van der Waals surface area (Å²) in [6, 6.07) is 8.57. The number of nitrogens with one attached hydrogen (secondary N) is 1. The normalized spacial score (nSPS) is 15.6. The van der Waals surface area contributed by atoms with Gasteiger partial charge in [-0.15, -0.1) is 0 Å². The van der Waals surface area contributed by atoms with Gasteiger partial charge >= 0.3 is 0 Å². The molecule has 1 N–H and O–H groups in total. The molecule has 0 spiro atoms. The molecule has 4 heteroatoms. The van der Waals surface area contributed by atoms with Gasteiger partial charge in [0, 0.05) is 43.8 Å². The minimum absolute atomic E-state index is 0.820. The summed E-state index contributed by atoms with van der Waals surface area (Å²) in [7, 11) is 4.23. The zero-order chi connectivity index (χ0) is 14.1. The van der Waals surface area contributed by atoms with Gasteiger partial charge < -0.3 is 14.8 Å². The standard InChI is InChI=1S/C16H22N4/c1-12-13-7-4-5-8-14(13)20(3)15(12)11-18-16-17-9-6-10-19(16)2/h4-5,7-8H,6,9-11H2,1-3H3,(H,17,18). The molecular formula is C16H22N4. The molecule has 1 aliphatic rings. The summed E-state index contributed by atoms with van der Waals surface area (Å²) >= 11 is 0. The molecule has 1 aliphatic heterocycles. The number of aliphatic imine (C=N–C) groups is 1. The van der Waals surface area contributed by atoms with Gasteiger partial charge in [0.2, 0.25) is 0 Å². The van der Waals surface area contributed by atoms with Crippen molar-refractivity contribution in [2.75, 3.05) is 20.1 Å². The molecule has 106 valence electrons. The van der Waals surface area contributed by atoms with E-state index in [1.807, 2.05) is 0 Å². The average molecular weight is 270 g/mol. The molecule has 0 atom stereocenters. The second kappa shape index (κ2) is 5.19. The summed E-state index contributed by atoms with van der Waals surface area (Å²) in [5.41, 5.74) is 3.98. The van der Waals surface area contributed by atoms with Gasteiger partial charge in [-0.1, -0.05) is 18.2 Å². The highest BCUT2D eigenvalue weighted by Crippen LogP contribution is 2.24. The molecule has 4 nitrogen and oxygen atoms in total. The lowest BCUT2D eigenvalue weighted by molar-refractivity contribution is 0.445. The molecule has 0 saturated heterocycles. The van der Waals surface area contributed by atoms with Crippen LogP contribution in [0.25, 0.3) is 10.9 Å². The number of fused-ring (bicyclic) bond motifs is 1. The topological polar surface area (TPSA) is 32.6 Å². The molecule has 1 aromatic carbocycles. The first-order chi connectivity index (χ1) is 9.68. The van der Waals surface area contributed by atoms with Gasteiger partial charge in [-0.3, -0.25) is 4.99 Å². The molecule has 3 rings (SSSR count). The summed E-state index contributed by atoms with van der Waals surface area (Å²) in [5.74, 6) is 1.01. The summed E-state index contributed by atoms with van der Waals surface area (Å²) in [6.45, 7) is 5.03. The molecule has 0 aliphatic carbocycles. The molecule has 0 fully saturated rings. The largest absolute Gasteiger partial charge is 0.351 e. The van der Waals surface area contributed by atoms with Crippen LogP contribution in [0.5, 0.6) is 0 Å². The van der Waals surface area contributed by atoms with Gasteiger partial charge in [-0.05, 0) is 25.0 Å². The Morgan fingerprint density at radius 1 is 1.25 bits per heavy atom. The number of guanidine groups is 1. The second-order valence-electron chi connectivity index (χ2n) is 5.48. The van der Waals surface area contributed by atoms with E-state index in [1.165, 1.54) is 22.2 Å². The van der Waals surface area contributed by atoms with E-state index in [2.05, 4.69) is 65.1 Å². The van der Waals surface area contributed by atoms with E-state index in [0.717, 1.165) is 32.0 Å². The third-order valence-electron chi connectivity index (χ3n) is 4.20. The van der Waals surface area contributed by atoms with Crippen molar-refractivity contribution >= 4 is 16.9 Å². The third kappa shape index (κ3) is 2.15. The van der Waals surface area contributed by atoms with E-state index in [4.69, 9.17) is 0 Å². The number of aryl methyl sites for hydroxylation is 2. The number of aromatic nitrogens is 1. The third-order valence-corrected chi connectivity index (χ3v) is 4.20. The van der Waals surface area contributed by atoms with E-state index in [9.17, 15) is 0 Å². The maximum atomic E-state index is 4.56. The number of hydrogen-bond donors (Lipinski definition) is 1. The predicted octanol–water partition coefficient (Wildman–Crippen LogP) is 2.27. The van der Waals surface area contributed by atoms with E-state index in [-0.39, 0.29) is 0 Å². The summed E-state index contributed by atoms with van der Waals surface area (Å²) in [5, 5.41) is 4.82. The molecule has 0 amide bonds. The highest BCUT2D eigenvalue weighted by Gasteiger charge is 2.14. The van der Waals surface area contributed by atoms with Crippen molar-refractivity contribution < 1.29 is 0 Å². The number of benzene rings is 1. The Morgan fingerprint density at radius 3 is 2.80 bits per heavy atom. The van der Waals surface area contributed by atoms with Crippen LogP contribution in [-0.2, 0) is 13.6 Å². The zero-order valence-electron chi connectivity index (χ0n) is 12.5. The fraction of sp³-hybridized carbons (Fsp3) is 0.438. The van der Waals surface area contributed by atoms with Crippen LogP contribution in [0.3, 0.4) is 0 Å². The van der Waals surface area contributed by atoms with E-state index >= 15 is 0 Å². The van der Waals surface area contributed by atoms with Crippen molar-refractivity contribution in [2.24, 2.45) is 12.0 Å². The van der Waals surface area contributed by atoms with Crippen molar-refractivity contribution in [3.63, 3.8) is 0 Å². The van der Waals surface area contributed by atoms with Crippen LogP contribution in [0, 0.1) is 6.92 Å². The molecule has 0 saturated carbocycles. The Labute approximate surface area is 120 Å². The minimum Gasteiger partial charge on any atom is -0.351 e. The van der Waals surface area contributed by atoms with Gasteiger partial charge in [0.25, 0.3) is 0 Å². The summed E-state index contributed by atoms with van der Waals surface area (Å²) in [6.07, 6.45) is 1.15. The van der Waals surface area contributed by atoms with Crippen LogP contribution >= 0.6 is 0 Å². The van der Waals surface area contributed by atoms with Gasteiger partial charge in [0.15, 0.2) is 5.96 Å². The predicted molar refractivity (Wildman–Crippen MR) is 84.0 cm³/mol. The molecule has 0 radical (unpaired) electrons. The average Bonchev–Trinajstić information content (AvgIpc) is 2.71. The molecule has 0 bridgehead atoms. The Morgan fingerprint density at radius 2 is 2.05 bits per heavy atom. The van der Waals surface area contributed by atoms with Crippen molar-refractivity contribution in [1.82, 2.24) is 14.8 Å². The van der Waals surface area contributed by atoms with Crippen LogP contribution in [0.4, 0.5) is 0 Å². The summed E-state index contributed by atoms with van der Waals surface area (Å²) in [4.78, 5) is 6.76. The molecule has 1 aromatic heterocycles. The maximum absolute atomic E-state index is 4.56. The highest BCUT2D eigenvalue weighted by molar-refractivity contribution is 5.85. The molecule has 20 heavy (non-hydrogen) atoms. The molecule has 2 heterocycles. The first kappa shape index (κ1) is 13.0. The smallest absolute Gasteiger partial charge is 0.193 e. The lowest BCUT2D eigenvalue weighted by Gasteiger charge is -2.25. The van der Waals surface area contributed by atoms with Crippen molar-refractivity contribution in [3.8, 4) is 0 Å². The Balaban J connectivity index is 1.86. The van der Waals surface area contributed by atoms with E-state index in [0.29, 0.717) is 0 Å². The Bertz CT molecular complexity index is 615. The lowest BCUT2D eigenvalue weighted by atomic mass is 10.1. The van der Waals surface area contributed by atoms with Gasteiger partial charge in [-0.2, -0.15) is 0 Å². The SMILES string of the molecule is Cc1c(CNC2=NCCCN2C)n(C)c2ccccc12. The summed E-state index contributed by atoms with van der Waals surface area (Å²) < 4.78 is 2.28. The number of para-hydroxylation sites is 1. The Kier molecular flexibility index (Phi) is 3.38. The zero-order valence-corrected chi connectivity index (χ0v) is 12.5. The number of nitrogens with zero attached hydrogens (tertiary/aromatic N) is 3. The quantitative estimate of drug-likeness (QED) is 0.908. The first-order valence-corrected chi connectivity index (χ1v) is 7.21. The van der Waals surface area contributed by atoms with Gasteiger partial charge in [0.1, 0.15) is 0 Å². The van der Waals surface area contributed by atoms with E-state index in [1.54, 1.807) is 0 Å². The van der Waals surface area contributed by atoms with Gasteiger partial charge in [0.05, 0.1) is 6.54 Å². The monoisotopic (exact) mass is 270 g/mol. The van der Waals surface area contributed by atoms with Crippen LogP contribution < -0.4 is 5.32 Å². The van der Waals surface area contributed by atoms with Crippen LogP contribution in [0.1, 0.15) is 17.7 Å². The molecule has 0 unspecified atom stereocenters. The van der Waals surface area contributed by atoms with Crippen molar-refractivity contribution in [2.45, 2.75) is 19.9 Å². The minimum atomic E-state index is 0.820. The fourth-order valence-electron chi connectivity index (χ4n) is 2.96. The van der Waals surface area contributed by atoms with Crippen LogP contribution in [-0.4, -0.2) is 35.6 Å². The van der Waals surface area contributed by atoms with Crippen LogP contribution in [0.15, 0.2) is 29.3 Å². The van der Waals surface area contributed by atoms with E-state index < -0.39 is 0 Å². The second-order valence-corrected chi connectivity index (χ2v) is 5.48. The highest BCUT2D eigenvalue weighted by atomic mass is 15.3. The molecular weight excluding hydrogens is 248 g/mol. The van der Waals surface area contributed by atoms with Gasteiger partial charge in [-0.25, -0.2) is 0 Å². The fourth-order valence-corrected chi connectivity index (χ4v) is 2.96. The molecule has 2 aromatic rings.